The van der Waals surface area contributed by atoms with Gasteiger partial charge in [0.1, 0.15) is 11.5 Å². The minimum atomic E-state index is -0.953. The molecule has 1 aliphatic carbocycles. The number of rotatable bonds is 4. The van der Waals surface area contributed by atoms with Gasteiger partial charge in [0, 0.05) is 39.1 Å². The maximum Gasteiger partial charge on any atom is 0.412 e. The number of aliphatic hydroxyl groups is 2. The van der Waals surface area contributed by atoms with Gasteiger partial charge in [-0.2, -0.15) is 0 Å². The average molecular weight is 378 g/mol. The van der Waals surface area contributed by atoms with Crippen molar-refractivity contribution in [3.63, 3.8) is 0 Å². The lowest BCUT2D eigenvalue weighted by Gasteiger charge is -2.47. The van der Waals surface area contributed by atoms with Crippen LogP contribution in [-0.2, 0) is 9.53 Å². The van der Waals surface area contributed by atoms with E-state index in [1.54, 1.807) is 19.1 Å². The monoisotopic (exact) mass is 378 g/mol. The normalized spacial score (nSPS) is 24.4. The Hall–Kier alpha value is -2.58. The van der Waals surface area contributed by atoms with Crippen LogP contribution in [0.4, 0.5) is 4.79 Å². The van der Waals surface area contributed by atoms with Crippen molar-refractivity contribution < 1.29 is 29.6 Å². The van der Waals surface area contributed by atoms with E-state index >= 15 is 0 Å². The van der Waals surface area contributed by atoms with Gasteiger partial charge in [0.15, 0.2) is 0 Å². The molecule has 0 aromatic carbocycles. The number of alkyl carbamates (subject to hydrolysis) is 1. The van der Waals surface area contributed by atoms with E-state index in [0.29, 0.717) is 30.8 Å². The number of amides is 1. The number of hydrogen-bond acceptors (Lipinski definition) is 6. The zero-order valence-corrected chi connectivity index (χ0v) is 15.7. The summed E-state index contributed by atoms with van der Waals surface area (Å²) in [5.74, 6) is -0.373. The summed E-state index contributed by atoms with van der Waals surface area (Å²) in [4.78, 5) is 24.9. The summed E-state index contributed by atoms with van der Waals surface area (Å²) in [5.41, 5.74) is 1.86. The van der Waals surface area contributed by atoms with Crippen LogP contribution in [0.1, 0.15) is 19.8 Å². The molecule has 2 heterocycles. The molecule has 2 aliphatic heterocycles. The minimum Gasteiger partial charge on any atom is -0.477 e. The highest BCUT2D eigenvalue weighted by atomic mass is 16.6. The van der Waals surface area contributed by atoms with Gasteiger partial charge < -0.3 is 30.3 Å². The first-order valence-electron chi connectivity index (χ1n) is 8.75. The average Bonchev–Trinajstić information content (AvgIpc) is 2.77. The molecular weight excluding hydrogens is 352 g/mol. The molecule has 0 bridgehead atoms. The maximum absolute atomic E-state index is 11.7. The van der Waals surface area contributed by atoms with Crippen LogP contribution in [0.25, 0.3) is 0 Å². The maximum atomic E-state index is 11.7. The van der Waals surface area contributed by atoms with Crippen LogP contribution >= 0.6 is 0 Å². The number of hydrogen-bond donors (Lipinski definition) is 4. The van der Waals surface area contributed by atoms with Gasteiger partial charge in [0.25, 0.3) is 0 Å². The van der Waals surface area contributed by atoms with Gasteiger partial charge in [0.2, 0.25) is 0 Å². The fraction of sp³-hybridized carbons (Fsp3) is 0.474. The van der Waals surface area contributed by atoms with Crippen LogP contribution in [0.15, 0.2) is 46.9 Å². The van der Waals surface area contributed by atoms with Gasteiger partial charge in [-0.3, -0.25) is 0 Å². The number of allylic oxidation sites excluding steroid dienone is 5. The summed E-state index contributed by atoms with van der Waals surface area (Å²) in [6, 6.07) is 0.0317. The second-order valence-electron chi connectivity index (χ2n) is 6.46. The van der Waals surface area contributed by atoms with Crippen LogP contribution in [0.5, 0.6) is 0 Å². The number of nitrogens with zero attached hydrogens (tertiary/aromatic N) is 1. The predicted octanol–water partition coefficient (Wildman–Crippen LogP) is 1.14. The lowest BCUT2D eigenvalue weighted by atomic mass is 9.83. The fourth-order valence-electron chi connectivity index (χ4n) is 3.61. The molecule has 0 spiro atoms. The van der Waals surface area contributed by atoms with Crippen molar-refractivity contribution in [2.24, 2.45) is 5.92 Å². The van der Waals surface area contributed by atoms with Crippen molar-refractivity contribution >= 4 is 12.1 Å². The number of carboxylic acid groups (broad SMARTS) is 1. The van der Waals surface area contributed by atoms with Crippen molar-refractivity contribution in [2.75, 3.05) is 20.7 Å². The molecule has 0 aromatic heterocycles. The molecule has 0 radical (unpaired) electrons. The Morgan fingerprint density at radius 3 is 2.63 bits per heavy atom. The van der Waals surface area contributed by atoms with Crippen LogP contribution in [0.3, 0.4) is 0 Å². The fourth-order valence-corrected chi connectivity index (χ4v) is 3.61. The van der Waals surface area contributed by atoms with Crippen molar-refractivity contribution in [3.8, 4) is 0 Å². The van der Waals surface area contributed by atoms with E-state index in [4.69, 9.17) is 9.84 Å². The summed E-state index contributed by atoms with van der Waals surface area (Å²) in [5, 5.41) is 28.9. The molecule has 0 aromatic rings. The third-order valence-electron chi connectivity index (χ3n) is 4.95. The molecule has 3 atom stereocenters. The molecule has 1 fully saturated rings. The SMILES string of the molecule is CNC(=O)OC1=CC=C(C2=C(C(=O)O)N3CC(C(C)O)C3C2)C=CC1.CO. The lowest BCUT2D eigenvalue weighted by molar-refractivity contribution is -0.136. The third-order valence-corrected chi connectivity index (χ3v) is 4.95. The van der Waals surface area contributed by atoms with E-state index in [1.807, 2.05) is 17.1 Å². The van der Waals surface area contributed by atoms with Gasteiger partial charge in [0.05, 0.1) is 6.10 Å². The van der Waals surface area contributed by atoms with Crippen molar-refractivity contribution in [1.29, 1.82) is 0 Å². The second kappa shape index (κ2) is 8.88. The van der Waals surface area contributed by atoms with Crippen molar-refractivity contribution in [2.45, 2.75) is 31.9 Å². The zero-order valence-electron chi connectivity index (χ0n) is 15.7. The highest BCUT2D eigenvalue weighted by molar-refractivity contribution is 5.89. The molecule has 148 valence electrons. The molecule has 27 heavy (non-hydrogen) atoms. The first-order valence-corrected chi connectivity index (χ1v) is 8.75. The number of fused-ring (bicyclic) bond motifs is 1. The number of aliphatic carboxylic acids is 1. The Bertz CT molecular complexity index is 720. The third kappa shape index (κ3) is 4.23. The molecule has 8 nitrogen and oxygen atoms in total. The van der Waals surface area contributed by atoms with Crippen molar-refractivity contribution in [3.05, 3.63) is 46.9 Å². The number of nitrogens with one attached hydrogen (secondary N) is 1. The molecule has 3 unspecified atom stereocenters. The van der Waals surface area contributed by atoms with E-state index < -0.39 is 18.2 Å². The topological polar surface area (TPSA) is 119 Å². The summed E-state index contributed by atoms with van der Waals surface area (Å²) in [6.07, 6.45) is 7.23. The van der Waals surface area contributed by atoms with Gasteiger partial charge in [-0.05, 0) is 30.6 Å². The number of aliphatic hydroxyl groups excluding tert-OH is 2. The second-order valence-corrected chi connectivity index (χ2v) is 6.46. The van der Waals surface area contributed by atoms with Gasteiger partial charge >= 0.3 is 12.1 Å². The molecule has 3 rings (SSSR count). The van der Waals surface area contributed by atoms with E-state index in [9.17, 15) is 19.8 Å². The quantitative estimate of drug-likeness (QED) is 0.579. The number of carbonyl (C=O) groups is 2. The molecule has 1 saturated heterocycles. The van der Waals surface area contributed by atoms with Crippen molar-refractivity contribution in [1.82, 2.24) is 10.2 Å². The van der Waals surface area contributed by atoms with E-state index in [2.05, 4.69) is 5.32 Å². The molecule has 4 N–H and O–H groups in total. The number of carbonyl (C=O) groups excluding carboxylic acids is 1. The molecule has 3 aliphatic rings. The summed E-state index contributed by atoms with van der Waals surface area (Å²) in [7, 11) is 2.49. The van der Waals surface area contributed by atoms with Crippen LogP contribution in [-0.4, -0.2) is 65.1 Å². The van der Waals surface area contributed by atoms with Gasteiger partial charge in [-0.15, -0.1) is 0 Å². The lowest BCUT2D eigenvalue weighted by Crippen LogP contribution is -2.57. The van der Waals surface area contributed by atoms with Gasteiger partial charge in [-0.25, -0.2) is 9.59 Å². The van der Waals surface area contributed by atoms with E-state index in [0.717, 1.165) is 18.3 Å². The first-order chi connectivity index (χ1) is 12.9. The molecule has 0 saturated carbocycles. The smallest absolute Gasteiger partial charge is 0.412 e. The molecule has 8 heteroatoms. The number of ether oxygens (including phenoxy) is 1. The van der Waals surface area contributed by atoms with E-state index in [-0.39, 0.29) is 12.0 Å². The Morgan fingerprint density at radius 1 is 1.33 bits per heavy atom. The van der Waals surface area contributed by atoms with Crippen LogP contribution in [0.2, 0.25) is 0 Å². The highest BCUT2D eigenvalue weighted by Gasteiger charge is 2.49. The molecule has 1 amide bonds. The van der Waals surface area contributed by atoms with Crippen LogP contribution < -0.4 is 5.32 Å². The number of carboxylic acids is 1. The zero-order chi connectivity index (χ0) is 20.1. The molecular formula is C19H26N2O6. The Labute approximate surface area is 158 Å². The largest absolute Gasteiger partial charge is 0.477 e. The highest BCUT2D eigenvalue weighted by Crippen LogP contribution is 2.45. The minimum absolute atomic E-state index is 0.0317. The summed E-state index contributed by atoms with van der Waals surface area (Å²) < 4.78 is 5.15. The van der Waals surface area contributed by atoms with Gasteiger partial charge in [-0.1, -0.05) is 18.2 Å². The van der Waals surface area contributed by atoms with E-state index in [1.165, 1.54) is 7.05 Å². The Kier molecular flexibility index (Phi) is 6.81. The standard InChI is InChI=1S/C18H22N2O5.CH4O/c1-10(21)14-9-20-15(14)8-13(16(20)17(22)23)11-4-3-5-12(7-6-11)25-18(24)19-2;1-2/h3-4,6-7,10,14-15,21H,5,8-9H2,1-2H3,(H,19,24)(H,22,23);2H,1H3. The Morgan fingerprint density at radius 2 is 2.04 bits per heavy atom. The Balaban J connectivity index is 0.00000126. The summed E-state index contributed by atoms with van der Waals surface area (Å²) >= 11 is 0. The summed E-state index contributed by atoms with van der Waals surface area (Å²) in [6.45, 7) is 2.31. The first kappa shape index (κ1) is 20.7. The predicted molar refractivity (Wildman–Crippen MR) is 98.6 cm³/mol. The van der Waals surface area contributed by atoms with Crippen LogP contribution in [0, 0.1) is 5.92 Å².